The lowest BCUT2D eigenvalue weighted by molar-refractivity contribution is -0.186. The minimum atomic E-state index is -4.48. The van der Waals surface area contributed by atoms with Crippen LogP contribution in [0.3, 0.4) is 0 Å². The van der Waals surface area contributed by atoms with Crippen molar-refractivity contribution in [2.24, 2.45) is 5.41 Å². The highest BCUT2D eigenvalue weighted by molar-refractivity contribution is 5.75. The Morgan fingerprint density at radius 3 is 2.09 bits per heavy atom. The molecule has 0 saturated carbocycles. The molecule has 0 N–H and O–H groups in total. The van der Waals surface area contributed by atoms with Crippen LogP contribution in [0.4, 0.5) is 13.2 Å². The van der Waals surface area contributed by atoms with Gasteiger partial charge in [-0.1, -0.05) is 19.8 Å². The average molecular weight is 326 g/mol. The van der Waals surface area contributed by atoms with E-state index in [2.05, 4.69) is 4.74 Å². The summed E-state index contributed by atoms with van der Waals surface area (Å²) in [5, 5.41) is 0. The minimum Gasteiger partial charge on any atom is -0.465 e. The van der Waals surface area contributed by atoms with E-state index in [1.54, 1.807) is 0 Å². The summed E-state index contributed by atoms with van der Waals surface area (Å²) in [6, 6.07) is 0. The third kappa shape index (κ3) is 10.5. The van der Waals surface area contributed by atoms with Crippen molar-refractivity contribution in [2.75, 3.05) is 13.2 Å². The molecular formula is C15H25F3O4. The topological polar surface area (TPSA) is 52.6 Å². The first-order valence-electron chi connectivity index (χ1n) is 7.48. The lowest BCUT2D eigenvalue weighted by atomic mass is 9.91. The first kappa shape index (κ1) is 20.7. The monoisotopic (exact) mass is 326 g/mol. The second-order valence-electron chi connectivity index (χ2n) is 5.81. The van der Waals surface area contributed by atoms with Crippen LogP contribution in [0.25, 0.3) is 0 Å². The van der Waals surface area contributed by atoms with Gasteiger partial charge < -0.3 is 9.47 Å². The van der Waals surface area contributed by atoms with E-state index in [4.69, 9.17) is 4.74 Å². The molecule has 0 amide bonds. The molecule has 0 aromatic heterocycles. The molecular weight excluding hydrogens is 301 g/mol. The summed E-state index contributed by atoms with van der Waals surface area (Å²) in [5.74, 6) is -1.07. The van der Waals surface area contributed by atoms with E-state index in [-0.39, 0.29) is 12.4 Å². The van der Waals surface area contributed by atoms with Gasteiger partial charge in [-0.2, -0.15) is 13.2 Å². The predicted molar refractivity (Wildman–Crippen MR) is 75.1 cm³/mol. The summed E-state index contributed by atoms with van der Waals surface area (Å²) < 4.78 is 44.6. The molecule has 0 unspecified atom stereocenters. The van der Waals surface area contributed by atoms with E-state index in [1.165, 1.54) is 0 Å². The van der Waals surface area contributed by atoms with Gasteiger partial charge in [-0.15, -0.1) is 0 Å². The average Bonchev–Trinajstić information content (AvgIpc) is 2.43. The fourth-order valence-electron chi connectivity index (χ4n) is 1.46. The maximum absolute atomic E-state index is 11.8. The van der Waals surface area contributed by atoms with Crippen LogP contribution in [0.2, 0.25) is 0 Å². The smallest absolute Gasteiger partial charge is 0.422 e. The Balaban J connectivity index is 3.55. The van der Waals surface area contributed by atoms with Gasteiger partial charge in [0, 0.05) is 6.42 Å². The summed E-state index contributed by atoms with van der Waals surface area (Å²) in [4.78, 5) is 22.7. The maximum atomic E-state index is 11.8. The van der Waals surface area contributed by atoms with Crippen molar-refractivity contribution < 1.29 is 32.2 Å². The van der Waals surface area contributed by atoms with Crippen molar-refractivity contribution in [1.82, 2.24) is 0 Å². The molecule has 0 radical (unpaired) electrons. The van der Waals surface area contributed by atoms with E-state index in [1.807, 2.05) is 20.8 Å². The van der Waals surface area contributed by atoms with Crippen LogP contribution in [-0.4, -0.2) is 31.3 Å². The molecule has 0 saturated heterocycles. The molecule has 0 aliphatic carbocycles. The summed E-state index contributed by atoms with van der Waals surface area (Å²) in [5.41, 5.74) is -0.484. The Morgan fingerprint density at radius 2 is 1.55 bits per heavy atom. The second kappa shape index (κ2) is 9.69. The van der Waals surface area contributed by atoms with Gasteiger partial charge in [0.05, 0.1) is 12.0 Å². The van der Waals surface area contributed by atoms with E-state index < -0.39 is 24.2 Å². The number of carbonyl (C=O) groups excluding carboxylic acids is 2. The Bertz CT molecular complexity index is 351. The van der Waals surface area contributed by atoms with Crippen LogP contribution < -0.4 is 0 Å². The number of carbonyl (C=O) groups is 2. The molecule has 0 rings (SSSR count). The molecule has 0 aromatic carbocycles. The van der Waals surface area contributed by atoms with Crippen molar-refractivity contribution in [1.29, 1.82) is 0 Å². The van der Waals surface area contributed by atoms with Gasteiger partial charge in [0.2, 0.25) is 0 Å². The van der Waals surface area contributed by atoms with E-state index in [9.17, 15) is 22.8 Å². The highest BCUT2D eigenvalue weighted by Gasteiger charge is 2.29. The Morgan fingerprint density at radius 1 is 0.955 bits per heavy atom. The van der Waals surface area contributed by atoms with Crippen molar-refractivity contribution in [2.45, 2.75) is 65.5 Å². The highest BCUT2D eigenvalue weighted by atomic mass is 19.4. The number of alkyl halides is 3. The Labute approximate surface area is 129 Å². The molecule has 4 nitrogen and oxygen atoms in total. The molecule has 7 heteroatoms. The molecule has 0 spiro atoms. The van der Waals surface area contributed by atoms with E-state index in [0.717, 1.165) is 6.42 Å². The zero-order valence-electron chi connectivity index (χ0n) is 13.4. The van der Waals surface area contributed by atoms with Crippen LogP contribution in [-0.2, 0) is 19.1 Å². The van der Waals surface area contributed by atoms with Gasteiger partial charge >= 0.3 is 18.1 Å². The number of rotatable bonds is 10. The molecule has 0 aliphatic rings. The molecule has 0 aromatic rings. The number of esters is 2. The summed E-state index contributed by atoms with van der Waals surface area (Å²) >= 11 is 0. The van der Waals surface area contributed by atoms with Crippen molar-refractivity contribution in [3.05, 3.63) is 0 Å². The molecule has 0 fully saturated rings. The minimum absolute atomic E-state index is 0.0290. The SMILES string of the molecule is CCC(C)(C)C(=O)OCCCCCCC(=O)OCC(F)(F)F. The fraction of sp³-hybridized carbons (Fsp3) is 0.867. The first-order valence-corrected chi connectivity index (χ1v) is 7.48. The van der Waals surface area contributed by atoms with Gasteiger partial charge in [-0.25, -0.2) is 0 Å². The van der Waals surface area contributed by atoms with Crippen LogP contribution in [0.15, 0.2) is 0 Å². The molecule has 0 bridgehead atoms. The third-order valence-electron chi connectivity index (χ3n) is 3.34. The van der Waals surface area contributed by atoms with Crippen LogP contribution in [0, 0.1) is 5.41 Å². The van der Waals surface area contributed by atoms with Gasteiger partial charge in [0.25, 0.3) is 0 Å². The number of halogens is 3. The van der Waals surface area contributed by atoms with E-state index >= 15 is 0 Å². The second-order valence-corrected chi connectivity index (χ2v) is 5.81. The van der Waals surface area contributed by atoms with Crippen LogP contribution in [0.5, 0.6) is 0 Å². The van der Waals surface area contributed by atoms with Gasteiger partial charge in [-0.3, -0.25) is 9.59 Å². The third-order valence-corrected chi connectivity index (χ3v) is 3.34. The lowest BCUT2D eigenvalue weighted by Crippen LogP contribution is -2.26. The summed E-state index contributed by atoms with van der Waals surface area (Å²) in [6.45, 7) is 4.35. The number of ether oxygens (including phenoxy) is 2. The fourth-order valence-corrected chi connectivity index (χ4v) is 1.46. The lowest BCUT2D eigenvalue weighted by Gasteiger charge is -2.20. The number of hydrogen-bond acceptors (Lipinski definition) is 4. The van der Waals surface area contributed by atoms with Crippen LogP contribution in [0.1, 0.15) is 59.3 Å². The standard InChI is InChI=1S/C15H25F3O4/c1-4-14(2,3)13(20)21-10-8-6-5-7-9-12(19)22-11-15(16,17)18/h4-11H2,1-3H3. The predicted octanol–water partition coefficient (Wildman–Crippen LogP) is 4.02. The first-order chi connectivity index (χ1) is 10.1. The molecule has 0 atom stereocenters. The Hall–Kier alpha value is -1.27. The van der Waals surface area contributed by atoms with Crippen molar-refractivity contribution in [3.63, 3.8) is 0 Å². The van der Waals surface area contributed by atoms with Crippen molar-refractivity contribution in [3.8, 4) is 0 Å². The zero-order chi connectivity index (χ0) is 17.2. The zero-order valence-corrected chi connectivity index (χ0v) is 13.4. The maximum Gasteiger partial charge on any atom is 0.422 e. The van der Waals surface area contributed by atoms with Gasteiger partial charge in [0.15, 0.2) is 6.61 Å². The summed E-state index contributed by atoms with van der Waals surface area (Å²) in [6.07, 6.45) is -1.26. The van der Waals surface area contributed by atoms with E-state index in [0.29, 0.717) is 32.3 Å². The van der Waals surface area contributed by atoms with Gasteiger partial charge in [-0.05, 0) is 33.1 Å². The quantitative estimate of drug-likeness (QED) is 0.449. The number of hydrogen-bond donors (Lipinski definition) is 0. The van der Waals surface area contributed by atoms with Crippen molar-refractivity contribution >= 4 is 11.9 Å². The molecule has 22 heavy (non-hydrogen) atoms. The molecule has 130 valence electrons. The summed E-state index contributed by atoms with van der Waals surface area (Å²) in [7, 11) is 0. The van der Waals surface area contributed by atoms with Crippen LogP contribution >= 0.6 is 0 Å². The molecule has 0 heterocycles. The number of unbranched alkanes of at least 4 members (excludes halogenated alkanes) is 3. The largest absolute Gasteiger partial charge is 0.465 e. The normalized spacial score (nSPS) is 12.1. The Kier molecular flexibility index (Phi) is 9.13. The van der Waals surface area contributed by atoms with Gasteiger partial charge in [0.1, 0.15) is 0 Å². The molecule has 0 aliphatic heterocycles. The highest BCUT2D eigenvalue weighted by Crippen LogP contribution is 2.21.